The molecule has 0 saturated heterocycles. The normalized spacial score (nSPS) is 19.5. The quantitative estimate of drug-likeness (QED) is 0.485. The van der Waals surface area contributed by atoms with Gasteiger partial charge in [0.2, 0.25) is 0 Å². The van der Waals surface area contributed by atoms with Crippen molar-refractivity contribution in [3.63, 3.8) is 0 Å². The molecule has 1 aromatic carbocycles. The second-order valence-electron chi connectivity index (χ2n) is 9.27. The van der Waals surface area contributed by atoms with Gasteiger partial charge in [0, 0.05) is 11.0 Å². The van der Waals surface area contributed by atoms with E-state index in [9.17, 15) is 23.4 Å². The van der Waals surface area contributed by atoms with Crippen molar-refractivity contribution in [1.82, 2.24) is 4.98 Å². The monoisotopic (exact) mass is 490 g/mol. The summed E-state index contributed by atoms with van der Waals surface area (Å²) in [6.07, 6.45) is 7.69. The van der Waals surface area contributed by atoms with Gasteiger partial charge in [-0.2, -0.15) is 0 Å². The number of aliphatic hydroxyl groups is 2. The van der Waals surface area contributed by atoms with E-state index in [0.29, 0.717) is 45.5 Å². The number of thiazole rings is 1. The van der Waals surface area contributed by atoms with E-state index in [4.69, 9.17) is 0 Å². The number of allylic oxidation sites excluding steroid dienone is 1. The van der Waals surface area contributed by atoms with Crippen molar-refractivity contribution in [3.05, 3.63) is 46.5 Å². The lowest BCUT2D eigenvalue weighted by Gasteiger charge is -2.17. The summed E-state index contributed by atoms with van der Waals surface area (Å²) in [6.45, 7) is 2.75. The summed E-state index contributed by atoms with van der Waals surface area (Å²) in [5, 5.41) is 24.0. The Bertz CT molecular complexity index is 1170. The zero-order valence-electron chi connectivity index (χ0n) is 18.9. The Hall–Kier alpha value is -2.07. The molecule has 2 fully saturated rings. The molecule has 2 saturated carbocycles. The van der Waals surface area contributed by atoms with Gasteiger partial charge >= 0.3 is 0 Å². The summed E-state index contributed by atoms with van der Waals surface area (Å²) >= 11 is 1.17. The van der Waals surface area contributed by atoms with Gasteiger partial charge in [-0.05, 0) is 68.7 Å². The second kappa shape index (κ2) is 9.29. The standard InChI is InChI=1S/C24H30N2O5S2/c1-15-11-17(7-10-20(15)33(30,31)18-8-9-18)19(12-16-5-3-4-6-16)22(28)26-23-25-21(13-32-23)24(2,29)14-27/h7,10-13,16,18,27,29H,3-6,8-9,14H2,1-2H3,(H,25,26,28). The average molecular weight is 491 g/mol. The van der Waals surface area contributed by atoms with Gasteiger partial charge in [-0.1, -0.05) is 25.0 Å². The van der Waals surface area contributed by atoms with Crippen LogP contribution in [0, 0.1) is 12.8 Å². The van der Waals surface area contributed by atoms with Gasteiger partial charge in [0.15, 0.2) is 15.0 Å². The zero-order chi connectivity index (χ0) is 23.8. The Labute approximate surface area is 198 Å². The summed E-state index contributed by atoms with van der Waals surface area (Å²) in [4.78, 5) is 17.9. The maximum absolute atomic E-state index is 13.3. The highest BCUT2D eigenvalue weighted by Crippen LogP contribution is 2.36. The molecule has 2 aliphatic carbocycles. The minimum Gasteiger partial charge on any atom is -0.393 e. The number of aromatic nitrogens is 1. The molecule has 1 unspecified atom stereocenters. The molecule has 1 aromatic heterocycles. The van der Waals surface area contributed by atoms with Crippen LogP contribution in [0.5, 0.6) is 0 Å². The number of benzene rings is 1. The third kappa shape index (κ3) is 5.21. The highest BCUT2D eigenvalue weighted by atomic mass is 32.2. The molecule has 2 aromatic rings. The van der Waals surface area contributed by atoms with Gasteiger partial charge in [0.25, 0.3) is 5.91 Å². The van der Waals surface area contributed by atoms with Crippen molar-refractivity contribution in [3.8, 4) is 0 Å². The summed E-state index contributed by atoms with van der Waals surface area (Å²) < 4.78 is 25.4. The Morgan fingerprint density at radius 1 is 1.27 bits per heavy atom. The number of amides is 1. The maximum atomic E-state index is 13.3. The molecule has 0 spiro atoms. The summed E-state index contributed by atoms with van der Waals surface area (Å²) in [6, 6.07) is 5.11. The van der Waals surface area contributed by atoms with Gasteiger partial charge in [0.1, 0.15) is 5.60 Å². The lowest BCUT2D eigenvalue weighted by atomic mass is 9.97. The Morgan fingerprint density at radius 3 is 2.58 bits per heavy atom. The van der Waals surface area contributed by atoms with Crippen LogP contribution in [0.1, 0.15) is 62.3 Å². The van der Waals surface area contributed by atoms with Gasteiger partial charge in [-0.15, -0.1) is 11.3 Å². The zero-order valence-corrected chi connectivity index (χ0v) is 20.5. The number of carbonyl (C=O) groups is 1. The van der Waals surface area contributed by atoms with Crippen LogP contribution in [0.25, 0.3) is 5.57 Å². The largest absolute Gasteiger partial charge is 0.393 e. The Balaban J connectivity index is 1.63. The first-order valence-electron chi connectivity index (χ1n) is 11.3. The summed E-state index contributed by atoms with van der Waals surface area (Å²) in [5.74, 6) is -0.0356. The van der Waals surface area contributed by atoms with E-state index >= 15 is 0 Å². The number of aliphatic hydroxyl groups excluding tert-OH is 1. The molecule has 3 N–H and O–H groups in total. The molecular weight excluding hydrogens is 460 g/mol. The first-order chi connectivity index (χ1) is 15.6. The number of anilines is 1. The smallest absolute Gasteiger partial charge is 0.257 e. The van der Waals surface area contributed by atoms with Gasteiger partial charge in [-0.25, -0.2) is 13.4 Å². The van der Waals surface area contributed by atoms with Crippen molar-refractivity contribution in [2.75, 3.05) is 11.9 Å². The van der Waals surface area contributed by atoms with Crippen LogP contribution in [0.2, 0.25) is 0 Å². The van der Waals surface area contributed by atoms with Gasteiger partial charge in [0.05, 0.1) is 22.4 Å². The number of carbonyl (C=O) groups excluding carboxylic acids is 1. The lowest BCUT2D eigenvalue weighted by molar-refractivity contribution is -0.111. The van der Waals surface area contributed by atoms with E-state index in [2.05, 4.69) is 10.3 Å². The average Bonchev–Trinajstić information content (AvgIpc) is 3.32. The van der Waals surface area contributed by atoms with Gasteiger partial charge in [-0.3, -0.25) is 10.1 Å². The minimum absolute atomic E-state index is 0.283. The fraction of sp³-hybridized carbons (Fsp3) is 0.500. The molecule has 0 aliphatic heterocycles. The van der Waals surface area contributed by atoms with Crippen LogP contribution < -0.4 is 5.32 Å². The highest BCUT2D eigenvalue weighted by molar-refractivity contribution is 7.92. The number of nitrogens with one attached hydrogen (secondary N) is 1. The molecule has 1 atom stereocenters. The topological polar surface area (TPSA) is 117 Å². The third-order valence-electron chi connectivity index (χ3n) is 6.39. The number of sulfone groups is 1. The number of hydrogen-bond acceptors (Lipinski definition) is 7. The van der Waals surface area contributed by atoms with Crippen LogP contribution in [0.15, 0.2) is 34.6 Å². The van der Waals surface area contributed by atoms with Crippen LogP contribution >= 0.6 is 11.3 Å². The lowest BCUT2D eigenvalue weighted by Crippen LogP contribution is -2.26. The van der Waals surface area contributed by atoms with Crippen LogP contribution in [0.4, 0.5) is 5.13 Å². The van der Waals surface area contributed by atoms with E-state index in [1.54, 1.807) is 30.5 Å². The SMILES string of the molecule is Cc1cc(C(=CC2CCCC2)C(=O)Nc2nc(C(C)(O)CO)cs2)ccc1S(=O)(=O)C1CC1. The number of hydrogen-bond donors (Lipinski definition) is 3. The Kier molecular flexibility index (Phi) is 6.77. The van der Waals surface area contributed by atoms with Crippen molar-refractivity contribution in [2.24, 2.45) is 5.92 Å². The maximum Gasteiger partial charge on any atom is 0.257 e. The van der Waals surface area contributed by atoms with Crippen LogP contribution in [-0.4, -0.2) is 41.4 Å². The molecule has 9 heteroatoms. The van der Waals surface area contributed by atoms with Crippen molar-refractivity contribution in [1.29, 1.82) is 0 Å². The van der Waals surface area contributed by atoms with E-state index in [1.165, 1.54) is 18.3 Å². The fourth-order valence-corrected chi connectivity index (χ4v) is 6.89. The first-order valence-corrected chi connectivity index (χ1v) is 13.7. The van der Waals surface area contributed by atoms with E-state index in [-0.39, 0.29) is 16.9 Å². The number of rotatable bonds is 8. The number of nitrogens with zero attached hydrogens (tertiary/aromatic N) is 1. The highest BCUT2D eigenvalue weighted by Gasteiger charge is 2.37. The van der Waals surface area contributed by atoms with E-state index in [1.807, 2.05) is 6.08 Å². The molecule has 0 bridgehead atoms. The van der Waals surface area contributed by atoms with Crippen LogP contribution in [-0.2, 0) is 20.2 Å². The molecule has 0 radical (unpaired) electrons. The Morgan fingerprint density at radius 2 is 1.97 bits per heavy atom. The molecule has 1 amide bonds. The predicted molar refractivity (Wildman–Crippen MR) is 129 cm³/mol. The molecule has 4 rings (SSSR count). The molecule has 1 heterocycles. The second-order valence-corrected chi connectivity index (χ2v) is 12.3. The molecule has 178 valence electrons. The van der Waals surface area contributed by atoms with Crippen molar-refractivity contribution < 1.29 is 23.4 Å². The predicted octanol–water partition coefficient (Wildman–Crippen LogP) is 3.80. The first kappa shape index (κ1) is 24.1. The molecule has 2 aliphatic rings. The van der Waals surface area contributed by atoms with E-state index < -0.39 is 22.0 Å². The van der Waals surface area contributed by atoms with Crippen molar-refractivity contribution in [2.45, 2.75) is 68.1 Å². The summed E-state index contributed by atoms with van der Waals surface area (Å²) in [5.41, 5.74) is 0.607. The minimum atomic E-state index is -3.32. The molecule has 7 nitrogen and oxygen atoms in total. The van der Waals surface area contributed by atoms with Gasteiger partial charge < -0.3 is 10.2 Å². The molecular formula is C24H30N2O5S2. The number of aryl methyl sites for hydroxylation is 1. The fourth-order valence-electron chi connectivity index (χ4n) is 4.18. The molecule has 33 heavy (non-hydrogen) atoms. The van der Waals surface area contributed by atoms with Crippen molar-refractivity contribution >= 4 is 37.8 Å². The van der Waals surface area contributed by atoms with Crippen LogP contribution in [0.3, 0.4) is 0 Å². The van der Waals surface area contributed by atoms with E-state index in [0.717, 1.165) is 25.7 Å². The summed E-state index contributed by atoms with van der Waals surface area (Å²) in [7, 11) is -3.32. The third-order valence-corrected chi connectivity index (χ3v) is 9.56.